The van der Waals surface area contributed by atoms with Crippen molar-refractivity contribution in [1.82, 2.24) is 5.32 Å². The van der Waals surface area contributed by atoms with Crippen molar-refractivity contribution < 1.29 is 4.79 Å². The van der Waals surface area contributed by atoms with Crippen LogP contribution in [0.4, 0.5) is 5.69 Å². The van der Waals surface area contributed by atoms with Crippen LogP contribution in [0.5, 0.6) is 0 Å². The van der Waals surface area contributed by atoms with Crippen LogP contribution in [0.15, 0.2) is 24.3 Å². The average molecular weight is 321 g/mol. The van der Waals surface area contributed by atoms with Crippen LogP contribution in [-0.4, -0.2) is 31.0 Å². The lowest BCUT2D eigenvalue weighted by Gasteiger charge is -2.27. The Hall–Kier alpha value is -1.00. The molecule has 1 aliphatic rings. The van der Waals surface area contributed by atoms with Gasteiger partial charge in [0.2, 0.25) is 5.91 Å². The highest BCUT2D eigenvalue weighted by atomic mass is 32.2. The second kappa shape index (κ2) is 9.21. The lowest BCUT2D eigenvalue weighted by atomic mass is 9.84. The Morgan fingerprint density at radius 2 is 2.00 bits per heavy atom. The van der Waals surface area contributed by atoms with E-state index in [0.717, 1.165) is 31.0 Å². The highest BCUT2D eigenvalue weighted by molar-refractivity contribution is 7.98. The lowest BCUT2D eigenvalue weighted by Crippen LogP contribution is -2.32. The van der Waals surface area contributed by atoms with Crippen LogP contribution in [0.3, 0.4) is 0 Å². The predicted octanol–water partition coefficient (Wildman–Crippen LogP) is 3.56. The summed E-state index contributed by atoms with van der Waals surface area (Å²) in [7, 11) is 0. The molecule has 1 heterocycles. The molecule has 1 saturated heterocycles. The molecule has 0 radical (unpaired) electrons. The molecule has 122 valence electrons. The molecule has 1 aliphatic heterocycles. The first-order valence-electron chi connectivity index (χ1n) is 8.27. The summed E-state index contributed by atoms with van der Waals surface area (Å²) in [5.41, 5.74) is 2.24. The molecule has 0 spiro atoms. The summed E-state index contributed by atoms with van der Waals surface area (Å²) in [4.78, 5) is 12.2. The second-order valence-electron chi connectivity index (χ2n) is 6.26. The molecule has 2 rings (SSSR count). The van der Waals surface area contributed by atoms with Crippen LogP contribution in [-0.2, 0) is 11.2 Å². The van der Waals surface area contributed by atoms with Gasteiger partial charge in [0.1, 0.15) is 0 Å². The first-order valence-corrected chi connectivity index (χ1v) is 9.67. The van der Waals surface area contributed by atoms with E-state index < -0.39 is 0 Å². The Balaban J connectivity index is 1.78. The van der Waals surface area contributed by atoms with Gasteiger partial charge in [-0.25, -0.2) is 0 Å². The van der Waals surface area contributed by atoms with Crippen LogP contribution < -0.4 is 10.6 Å². The average Bonchev–Trinajstić information content (AvgIpc) is 2.55. The van der Waals surface area contributed by atoms with Gasteiger partial charge < -0.3 is 10.6 Å². The molecule has 1 fully saturated rings. The van der Waals surface area contributed by atoms with Gasteiger partial charge in [0.15, 0.2) is 0 Å². The molecule has 4 heteroatoms. The molecule has 2 N–H and O–H groups in total. The van der Waals surface area contributed by atoms with Gasteiger partial charge in [0, 0.05) is 12.1 Å². The van der Waals surface area contributed by atoms with E-state index in [4.69, 9.17) is 0 Å². The van der Waals surface area contributed by atoms with E-state index in [-0.39, 0.29) is 5.91 Å². The van der Waals surface area contributed by atoms with Crippen LogP contribution >= 0.6 is 11.8 Å². The highest BCUT2D eigenvalue weighted by Gasteiger charge is 2.21. The van der Waals surface area contributed by atoms with Gasteiger partial charge >= 0.3 is 0 Å². The molecular weight excluding hydrogens is 292 g/mol. The molecule has 3 nitrogen and oxygen atoms in total. The van der Waals surface area contributed by atoms with E-state index in [1.165, 1.54) is 18.4 Å². The number of amides is 1. The van der Waals surface area contributed by atoms with Crippen molar-refractivity contribution in [3.05, 3.63) is 29.8 Å². The number of carbonyl (C=O) groups is 1. The van der Waals surface area contributed by atoms with Gasteiger partial charge in [0.25, 0.3) is 0 Å². The summed E-state index contributed by atoms with van der Waals surface area (Å²) in [5.74, 6) is 2.42. The number of anilines is 1. The zero-order chi connectivity index (χ0) is 15.8. The summed E-state index contributed by atoms with van der Waals surface area (Å²) in [6.07, 6.45) is 6.22. The van der Waals surface area contributed by atoms with Gasteiger partial charge in [0.05, 0.1) is 0 Å². The highest BCUT2D eigenvalue weighted by Crippen LogP contribution is 2.24. The number of hydrogen-bond acceptors (Lipinski definition) is 3. The molecule has 1 amide bonds. The SMILES string of the molecule is CSCCc1ccc(NC(=O)CC(C)C2CCNCC2)cc1. The number of nitrogens with one attached hydrogen (secondary N) is 2. The fraction of sp³-hybridized carbons (Fsp3) is 0.611. The maximum absolute atomic E-state index is 12.2. The smallest absolute Gasteiger partial charge is 0.224 e. The largest absolute Gasteiger partial charge is 0.326 e. The van der Waals surface area contributed by atoms with Crippen LogP contribution in [0.1, 0.15) is 31.7 Å². The molecule has 1 aromatic rings. The van der Waals surface area contributed by atoms with Gasteiger partial charge in [-0.2, -0.15) is 11.8 Å². The fourth-order valence-electron chi connectivity index (χ4n) is 3.06. The molecular formula is C18H28N2OS. The minimum Gasteiger partial charge on any atom is -0.326 e. The van der Waals surface area contributed by atoms with Crippen molar-refractivity contribution in [2.45, 2.75) is 32.6 Å². The molecule has 22 heavy (non-hydrogen) atoms. The Labute approximate surface area is 138 Å². The summed E-state index contributed by atoms with van der Waals surface area (Å²) in [6.45, 7) is 4.39. The van der Waals surface area contributed by atoms with E-state index in [1.54, 1.807) is 0 Å². The third kappa shape index (κ3) is 5.65. The monoisotopic (exact) mass is 320 g/mol. The minimum atomic E-state index is 0.142. The number of aryl methyl sites for hydroxylation is 1. The number of thioether (sulfide) groups is 1. The Bertz CT molecular complexity index is 455. The van der Waals surface area contributed by atoms with Gasteiger partial charge in [-0.1, -0.05) is 19.1 Å². The topological polar surface area (TPSA) is 41.1 Å². The summed E-state index contributed by atoms with van der Waals surface area (Å²) >= 11 is 1.86. The van der Waals surface area contributed by atoms with Gasteiger partial charge in [-0.3, -0.25) is 4.79 Å². The zero-order valence-electron chi connectivity index (χ0n) is 13.7. The number of piperidine rings is 1. The molecule has 1 unspecified atom stereocenters. The summed E-state index contributed by atoms with van der Waals surface area (Å²) < 4.78 is 0. The van der Waals surface area contributed by atoms with E-state index in [9.17, 15) is 4.79 Å². The number of carbonyl (C=O) groups excluding carboxylic acids is 1. The maximum Gasteiger partial charge on any atom is 0.224 e. The molecule has 0 aliphatic carbocycles. The number of hydrogen-bond donors (Lipinski definition) is 2. The Morgan fingerprint density at radius 3 is 2.64 bits per heavy atom. The summed E-state index contributed by atoms with van der Waals surface area (Å²) in [5, 5.41) is 6.42. The normalized spacial score (nSPS) is 17.2. The molecule has 0 aromatic heterocycles. The van der Waals surface area contributed by atoms with Gasteiger partial charge in [-0.05, 0) is 73.9 Å². The first-order chi connectivity index (χ1) is 10.7. The van der Waals surface area contributed by atoms with Crippen LogP contribution in [0.2, 0.25) is 0 Å². The third-order valence-electron chi connectivity index (χ3n) is 4.53. The standard InChI is InChI=1S/C18H28N2OS/c1-14(16-7-10-19-11-8-16)13-18(21)20-17-5-3-15(4-6-17)9-12-22-2/h3-6,14,16,19H,7-13H2,1-2H3,(H,20,21). The quantitative estimate of drug-likeness (QED) is 0.807. The Morgan fingerprint density at radius 1 is 1.32 bits per heavy atom. The van der Waals surface area contributed by atoms with E-state index >= 15 is 0 Å². The first kappa shape index (κ1) is 17.4. The van der Waals surface area contributed by atoms with Gasteiger partial charge in [-0.15, -0.1) is 0 Å². The predicted molar refractivity (Wildman–Crippen MR) is 96.5 cm³/mol. The maximum atomic E-state index is 12.2. The van der Waals surface area contributed by atoms with Crippen molar-refractivity contribution in [3.63, 3.8) is 0 Å². The van der Waals surface area contributed by atoms with E-state index in [0.29, 0.717) is 18.3 Å². The van der Waals surface area contributed by atoms with Crippen molar-refractivity contribution in [3.8, 4) is 0 Å². The second-order valence-corrected chi connectivity index (χ2v) is 7.24. The number of rotatable bonds is 7. The molecule has 1 atom stereocenters. The fourth-order valence-corrected chi connectivity index (χ4v) is 3.50. The van der Waals surface area contributed by atoms with Crippen LogP contribution in [0.25, 0.3) is 0 Å². The zero-order valence-corrected chi connectivity index (χ0v) is 14.5. The molecule has 0 saturated carbocycles. The van der Waals surface area contributed by atoms with Crippen molar-refractivity contribution in [2.24, 2.45) is 11.8 Å². The van der Waals surface area contributed by atoms with Crippen molar-refractivity contribution in [1.29, 1.82) is 0 Å². The van der Waals surface area contributed by atoms with Crippen molar-refractivity contribution >= 4 is 23.4 Å². The van der Waals surface area contributed by atoms with Crippen molar-refractivity contribution in [2.75, 3.05) is 30.4 Å². The Kier molecular flexibility index (Phi) is 7.26. The molecule has 1 aromatic carbocycles. The minimum absolute atomic E-state index is 0.142. The molecule has 0 bridgehead atoms. The summed E-state index contributed by atoms with van der Waals surface area (Å²) in [6, 6.07) is 8.26. The van der Waals surface area contributed by atoms with E-state index in [1.807, 2.05) is 23.9 Å². The lowest BCUT2D eigenvalue weighted by molar-refractivity contribution is -0.117. The van der Waals surface area contributed by atoms with E-state index in [2.05, 4.69) is 35.9 Å². The number of benzene rings is 1. The van der Waals surface area contributed by atoms with Crippen LogP contribution in [0, 0.1) is 11.8 Å². The third-order valence-corrected chi connectivity index (χ3v) is 5.14.